The van der Waals surface area contributed by atoms with Crippen molar-refractivity contribution in [2.24, 2.45) is 0 Å². The average molecular weight is 225 g/mol. The SMILES string of the molecule is CC(C)(C)c1cnn(-c2ccc(C#N)cc2)c1. The fourth-order valence-corrected chi connectivity index (χ4v) is 1.54. The molecule has 0 saturated carbocycles. The third-order valence-corrected chi connectivity index (χ3v) is 2.71. The Bertz CT molecular complexity index is 550. The molecule has 1 aromatic heterocycles. The predicted octanol–water partition coefficient (Wildman–Crippen LogP) is 3.04. The molecule has 0 saturated heterocycles. The van der Waals surface area contributed by atoms with E-state index in [1.54, 1.807) is 12.1 Å². The van der Waals surface area contributed by atoms with Crippen LogP contribution in [0.15, 0.2) is 36.7 Å². The van der Waals surface area contributed by atoms with Gasteiger partial charge in [-0.25, -0.2) is 4.68 Å². The lowest BCUT2D eigenvalue weighted by molar-refractivity contribution is 0.590. The first kappa shape index (κ1) is 11.4. The first-order valence-electron chi connectivity index (χ1n) is 5.56. The number of nitriles is 1. The van der Waals surface area contributed by atoms with Gasteiger partial charge in [0.15, 0.2) is 0 Å². The lowest BCUT2D eigenvalue weighted by Gasteiger charge is -2.14. The second-order valence-corrected chi connectivity index (χ2v) is 5.08. The van der Waals surface area contributed by atoms with Crippen molar-refractivity contribution >= 4 is 0 Å². The van der Waals surface area contributed by atoms with Gasteiger partial charge in [-0.2, -0.15) is 10.4 Å². The maximum atomic E-state index is 8.74. The minimum atomic E-state index is 0.102. The van der Waals surface area contributed by atoms with Gasteiger partial charge in [0.25, 0.3) is 0 Å². The third-order valence-electron chi connectivity index (χ3n) is 2.71. The van der Waals surface area contributed by atoms with E-state index in [9.17, 15) is 0 Å². The Hall–Kier alpha value is -2.08. The molecule has 3 heteroatoms. The molecule has 1 heterocycles. The molecule has 0 atom stereocenters. The summed E-state index contributed by atoms with van der Waals surface area (Å²) in [5.41, 5.74) is 2.93. The lowest BCUT2D eigenvalue weighted by atomic mass is 9.90. The van der Waals surface area contributed by atoms with E-state index in [1.165, 1.54) is 5.56 Å². The van der Waals surface area contributed by atoms with E-state index in [2.05, 4.69) is 31.9 Å². The first-order chi connectivity index (χ1) is 8.00. The lowest BCUT2D eigenvalue weighted by Crippen LogP contribution is -2.09. The maximum Gasteiger partial charge on any atom is 0.0991 e. The molecule has 3 nitrogen and oxygen atoms in total. The largest absolute Gasteiger partial charge is 0.241 e. The average Bonchev–Trinajstić information content (AvgIpc) is 2.78. The summed E-state index contributed by atoms with van der Waals surface area (Å²) in [4.78, 5) is 0. The summed E-state index contributed by atoms with van der Waals surface area (Å²) in [6.07, 6.45) is 3.92. The van der Waals surface area contributed by atoms with Gasteiger partial charge in [0.05, 0.1) is 23.5 Å². The van der Waals surface area contributed by atoms with Crippen LogP contribution in [0.5, 0.6) is 0 Å². The molecule has 0 unspecified atom stereocenters. The van der Waals surface area contributed by atoms with Crippen molar-refractivity contribution in [2.45, 2.75) is 26.2 Å². The van der Waals surface area contributed by atoms with Gasteiger partial charge in [-0.05, 0) is 35.2 Å². The smallest absolute Gasteiger partial charge is 0.0991 e. The van der Waals surface area contributed by atoms with Gasteiger partial charge in [0, 0.05) is 6.20 Å². The van der Waals surface area contributed by atoms with Crippen molar-refractivity contribution in [1.82, 2.24) is 9.78 Å². The van der Waals surface area contributed by atoms with Gasteiger partial charge >= 0.3 is 0 Å². The van der Waals surface area contributed by atoms with Crippen molar-refractivity contribution in [3.63, 3.8) is 0 Å². The van der Waals surface area contributed by atoms with Gasteiger partial charge in [0.1, 0.15) is 0 Å². The highest BCUT2D eigenvalue weighted by atomic mass is 15.3. The standard InChI is InChI=1S/C14H15N3/c1-14(2,3)12-9-16-17(10-12)13-6-4-11(8-15)5-7-13/h4-7,9-10H,1-3H3. The van der Waals surface area contributed by atoms with Crippen molar-refractivity contribution in [3.8, 4) is 11.8 Å². The van der Waals surface area contributed by atoms with Gasteiger partial charge in [-0.3, -0.25) is 0 Å². The zero-order chi connectivity index (χ0) is 12.5. The molecule has 0 aliphatic heterocycles. The van der Waals surface area contributed by atoms with Crippen LogP contribution in [-0.4, -0.2) is 9.78 Å². The Morgan fingerprint density at radius 2 is 1.82 bits per heavy atom. The van der Waals surface area contributed by atoms with Crippen LogP contribution >= 0.6 is 0 Å². The number of nitrogens with zero attached hydrogens (tertiary/aromatic N) is 3. The molecule has 17 heavy (non-hydrogen) atoms. The Labute approximate surface area is 101 Å². The van der Waals surface area contributed by atoms with Crippen LogP contribution in [0.3, 0.4) is 0 Å². The second kappa shape index (κ2) is 4.06. The van der Waals surface area contributed by atoms with Gasteiger partial charge < -0.3 is 0 Å². The summed E-state index contributed by atoms with van der Waals surface area (Å²) in [5.74, 6) is 0. The summed E-state index contributed by atoms with van der Waals surface area (Å²) < 4.78 is 1.84. The fraction of sp³-hybridized carbons (Fsp3) is 0.286. The van der Waals surface area contributed by atoms with Gasteiger partial charge in [-0.15, -0.1) is 0 Å². The molecule has 1 aromatic carbocycles. The number of benzene rings is 1. The van der Waals surface area contributed by atoms with Gasteiger partial charge in [0.2, 0.25) is 0 Å². The summed E-state index contributed by atoms with van der Waals surface area (Å²) in [6, 6.07) is 9.51. The first-order valence-corrected chi connectivity index (χ1v) is 5.56. The van der Waals surface area contributed by atoms with E-state index in [4.69, 9.17) is 5.26 Å². The second-order valence-electron chi connectivity index (χ2n) is 5.08. The molecule has 0 spiro atoms. The third kappa shape index (κ3) is 2.36. The van der Waals surface area contributed by atoms with E-state index >= 15 is 0 Å². The molecule has 0 aliphatic carbocycles. The normalized spacial score (nSPS) is 11.2. The summed E-state index contributed by atoms with van der Waals surface area (Å²) in [5, 5.41) is 13.1. The minimum Gasteiger partial charge on any atom is -0.241 e. The van der Waals surface area contributed by atoms with Crippen LogP contribution in [0, 0.1) is 11.3 Å². The Balaban J connectivity index is 2.34. The quantitative estimate of drug-likeness (QED) is 0.748. The highest BCUT2D eigenvalue weighted by Gasteiger charge is 2.15. The van der Waals surface area contributed by atoms with Gasteiger partial charge in [-0.1, -0.05) is 20.8 Å². The van der Waals surface area contributed by atoms with Crippen LogP contribution < -0.4 is 0 Å². The maximum absolute atomic E-state index is 8.74. The topological polar surface area (TPSA) is 41.6 Å². The number of rotatable bonds is 1. The highest BCUT2D eigenvalue weighted by Crippen LogP contribution is 2.22. The molecule has 86 valence electrons. The number of aromatic nitrogens is 2. The van der Waals surface area contributed by atoms with Crippen molar-refractivity contribution in [1.29, 1.82) is 5.26 Å². The molecule has 0 bridgehead atoms. The molecule has 0 amide bonds. The van der Waals surface area contributed by atoms with Crippen molar-refractivity contribution < 1.29 is 0 Å². The molecule has 0 aliphatic rings. The van der Waals surface area contributed by atoms with Crippen LogP contribution in [0.25, 0.3) is 5.69 Å². The van der Waals surface area contributed by atoms with E-state index in [1.807, 2.05) is 29.2 Å². The summed E-state index contributed by atoms with van der Waals surface area (Å²) in [7, 11) is 0. The zero-order valence-electron chi connectivity index (χ0n) is 10.3. The molecular formula is C14H15N3. The predicted molar refractivity (Wildman–Crippen MR) is 67.0 cm³/mol. The fourth-order valence-electron chi connectivity index (χ4n) is 1.54. The Kier molecular flexibility index (Phi) is 2.72. The highest BCUT2D eigenvalue weighted by molar-refractivity contribution is 5.39. The van der Waals surface area contributed by atoms with Crippen molar-refractivity contribution in [3.05, 3.63) is 47.8 Å². The monoisotopic (exact) mass is 225 g/mol. The van der Waals surface area contributed by atoms with Crippen LogP contribution in [0.2, 0.25) is 0 Å². The molecular weight excluding hydrogens is 210 g/mol. The Morgan fingerprint density at radius 3 is 2.29 bits per heavy atom. The Morgan fingerprint density at radius 1 is 1.18 bits per heavy atom. The summed E-state index contributed by atoms with van der Waals surface area (Å²) >= 11 is 0. The number of hydrogen-bond donors (Lipinski definition) is 0. The van der Waals surface area contributed by atoms with Crippen LogP contribution in [0.4, 0.5) is 0 Å². The summed E-state index contributed by atoms with van der Waals surface area (Å²) in [6.45, 7) is 6.48. The van der Waals surface area contributed by atoms with Crippen LogP contribution in [-0.2, 0) is 5.41 Å². The van der Waals surface area contributed by atoms with Crippen LogP contribution in [0.1, 0.15) is 31.9 Å². The molecule has 0 radical (unpaired) electrons. The van der Waals surface area contributed by atoms with Crippen molar-refractivity contribution in [2.75, 3.05) is 0 Å². The molecule has 2 aromatic rings. The molecule has 0 N–H and O–H groups in total. The zero-order valence-corrected chi connectivity index (χ0v) is 10.3. The van der Waals surface area contributed by atoms with E-state index in [0.29, 0.717) is 5.56 Å². The minimum absolute atomic E-state index is 0.102. The molecule has 0 fully saturated rings. The van der Waals surface area contributed by atoms with E-state index in [0.717, 1.165) is 5.69 Å². The number of hydrogen-bond acceptors (Lipinski definition) is 2. The van der Waals surface area contributed by atoms with E-state index < -0.39 is 0 Å². The van der Waals surface area contributed by atoms with E-state index in [-0.39, 0.29) is 5.41 Å². The molecule has 2 rings (SSSR count).